The van der Waals surface area contributed by atoms with Gasteiger partial charge in [0.2, 0.25) is 5.88 Å². The summed E-state index contributed by atoms with van der Waals surface area (Å²) in [6.07, 6.45) is 6.69. The van der Waals surface area contributed by atoms with E-state index in [9.17, 15) is 4.79 Å². The van der Waals surface area contributed by atoms with E-state index in [2.05, 4.69) is 19.9 Å². The maximum absolute atomic E-state index is 12.3. The van der Waals surface area contributed by atoms with E-state index < -0.39 is 0 Å². The predicted molar refractivity (Wildman–Crippen MR) is 83.3 cm³/mol. The normalized spacial score (nSPS) is 17.1. The lowest BCUT2D eigenvalue weighted by molar-refractivity contribution is 0.0765. The van der Waals surface area contributed by atoms with Crippen LogP contribution in [-0.2, 0) is 0 Å². The smallest absolute Gasteiger partial charge is 0.274 e. The van der Waals surface area contributed by atoms with Crippen molar-refractivity contribution < 1.29 is 9.53 Å². The Kier molecular flexibility index (Phi) is 4.31. The van der Waals surface area contributed by atoms with E-state index in [1.54, 1.807) is 17.2 Å². The molecule has 0 spiro atoms. The molecular weight excluding hydrogens is 296 g/mol. The van der Waals surface area contributed by atoms with E-state index in [4.69, 9.17) is 4.74 Å². The van der Waals surface area contributed by atoms with E-state index in [0.29, 0.717) is 24.7 Å². The molecule has 0 aromatic carbocycles. The molecule has 23 heavy (non-hydrogen) atoms. The number of likely N-dealkylation sites (tertiary alicyclic amines) is 1. The zero-order valence-corrected chi connectivity index (χ0v) is 13.1. The molecule has 0 unspecified atom stereocenters. The average Bonchev–Trinajstić information content (AvgIpc) is 3.03. The van der Waals surface area contributed by atoms with Gasteiger partial charge in [-0.15, -0.1) is 0 Å². The minimum atomic E-state index is -0.124. The van der Waals surface area contributed by atoms with E-state index >= 15 is 0 Å². The minimum absolute atomic E-state index is 0.0828. The number of aromatic nitrogens is 4. The van der Waals surface area contributed by atoms with Crippen molar-refractivity contribution >= 4 is 11.7 Å². The molecule has 2 aromatic rings. The van der Waals surface area contributed by atoms with Crippen LogP contribution in [0.4, 0.5) is 5.82 Å². The maximum atomic E-state index is 12.3. The van der Waals surface area contributed by atoms with E-state index in [0.717, 1.165) is 12.2 Å². The quantitative estimate of drug-likeness (QED) is 0.818. The Morgan fingerprint density at radius 1 is 1.30 bits per heavy atom. The number of hydrogen-bond acceptors (Lipinski definition) is 7. The summed E-state index contributed by atoms with van der Waals surface area (Å²) in [5.74, 6) is 1.17. The number of anilines is 1. The number of nitrogens with zero attached hydrogens (tertiary/aromatic N) is 6. The van der Waals surface area contributed by atoms with Crippen molar-refractivity contribution in [2.75, 3.05) is 32.1 Å². The van der Waals surface area contributed by atoms with Gasteiger partial charge in [0.15, 0.2) is 0 Å². The molecule has 3 heterocycles. The second kappa shape index (κ2) is 6.55. The van der Waals surface area contributed by atoms with Crippen LogP contribution in [0.5, 0.6) is 5.88 Å². The lowest BCUT2D eigenvalue weighted by Crippen LogP contribution is -2.31. The molecule has 8 heteroatoms. The first-order valence-corrected chi connectivity index (χ1v) is 7.35. The van der Waals surface area contributed by atoms with E-state index in [1.165, 1.54) is 18.7 Å². The van der Waals surface area contributed by atoms with Crippen LogP contribution in [0.2, 0.25) is 0 Å². The fourth-order valence-corrected chi connectivity index (χ4v) is 2.39. The van der Waals surface area contributed by atoms with Gasteiger partial charge in [-0.2, -0.15) is 0 Å². The fraction of sp³-hybridized carbons (Fsp3) is 0.400. The molecule has 0 aliphatic carbocycles. The van der Waals surface area contributed by atoms with Gasteiger partial charge < -0.3 is 14.5 Å². The molecule has 1 aliphatic rings. The van der Waals surface area contributed by atoms with Crippen LogP contribution in [-0.4, -0.2) is 64.0 Å². The molecule has 2 aromatic heterocycles. The monoisotopic (exact) mass is 314 g/mol. The molecule has 8 nitrogen and oxygen atoms in total. The summed E-state index contributed by atoms with van der Waals surface area (Å²) in [6.45, 7) is 1.14. The average molecular weight is 314 g/mol. The highest BCUT2D eigenvalue weighted by Gasteiger charge is 2.29. The Morgan fingerprint density at radius 3 is 2.91 bits per heavy atom. The molecule has 1 saturated heterocycles. The third kappa shape index (κ3) is 3.53. The number of carbonyl (C=O) groups excluding carboxylic acids is 1. The van der Waals surface area contributed by atoms with E-state index in [1.807, 2.05) is 19.0 Å². The van der Waals surface area contributed by atoms with Crippen LogP contribution in [0, 0.1) is 0 Å². The van der Waals surface area contributed by atoms with Gasteiger partial charge in [-0.25, -0.2) is 15.0 Å². The molecule has 1 fully saturated rings. The van der Waals surface area contributed by atoms with Crippen LogP contribution in [0.25, 0.3) is 0 Å². The summed E-state index contributed by atoms with van der Waals surface area (Å²) >= 11 is 0. The van der Waals surface area contributed by atoms with Crippen LogP contribution >= 0.6 is 0 Å². The van der Waals surface area contributed by atoms with Gasteiger partial charge >= 0.3 is 0 Å². The molecule has 3 rings (SSSR count). The van der Waals surface area contributed by atoms with Gasteiger partial charge in [0.05, 0.1) is 12.7 Å². The summed E-state index contributed by atoms with van der Waals surface area (Å²) in [7, 11) is 3.81. The molecular formula is C15H18N6O2. The van der Waals surface area contributed by atoms with Crippen LogP contribution in [0.3, 0.4) is 0 Å². The Balaban J connectivity index is 1.62. The standard InChI is InChI=1S/C15H18N6O2/c1-20(2)13-7-14(19-10-18-13)23-11-3-6-21(9-11)15(22)12-8-16-4-5-17-12/h4-5,7-8,10-11H,3,6,9H2,1-2H3/t11-/m0/s1. The third-order valence-electron chi connectivity index (χ3n) is 3.59. The van der Waals surface area contributed by atoms with Crippen molar-refractivity contribution in [2.24, 2.45) is 0 Å². The van der Waals surface area contributed by atoms with Crippen molar-refractivity contribution in [1.82, 2.24) is 24.8 Å². The minimum Gasteiger partial charge on any atom is -0.472 e. The lowest BCUT2D eigenvalue weighted by Gasteiger charge is -2.17. The molecule has 0 saturated carbocycles. The first kappa shape index (κ1) is 15.1. The van der Waals surface area contributed by atoms with Gasteiger partial charge in [0.1, 0.15) is 23.9 Å². The van der Waals surface area contributed by atoms with Crippen molar-refractivity contribution in [1.29, 1.82) is 0 Å². The highest BCUT2D eigenvalue weighted by Crippen LogP contribution is 2.20. The second-order valence-corrected chi connectivity index (χ2v) is 5.48. The van der Waals surface area contributed by atoms with Crippen LogP contribution in [0.15, 0.2) is 31.0 Å². The number of carbonyl (C=O) groups is 1. The van der Waals surface area contributed by atoms with Crippen LogP contribution in [0.1, 0.15) is 16.9 Å². The predicted octanol–water partition coefficient (Wildman–Crippen LogP) is 0.626. The molecule has 1 atom stereocenters. The fourth-order valence-electron chi connectivity index (χ4n) is 2.39. The molecule has 1 amide bonds. The van der Waals surface area contributed by atoms with Gasteiger partial charge in [-0.1, -0.05) is 0 Å². The number of rotatable bonds is 4. The molecule has 120 valence electrons. The van der Waals surface area contributed by atoms with Crippen molar-refractivity contribution in [3.05, 3.63) is 36.7 Å². The van der Waals surface area contributed by atoms with Crippen LogP contribution < -0.4 is 9.64 Å². The Morgan fingerprint density at radius 2 is 2.17 bits per heavy atom. The first-order valence-electron chi connectivity index (χ1n) is 7.35. The molecule has 0 bridgehead atoms. The first-order chi connectivity index (χ1) is 11.1. The Bertz CT molecular complexity index is 679. The molecule has 0 radical (unpaired) electrons. The van der Waals surface area contributed by atoms with Gasteiger partial charge in [-0.05, 0) is 0 Å². The molecule has 0 N–H and O–H groups in total. The highest BCUT2D eigenvalue weighted by molar-refractivity contribution is 5.92. The summed E-state index contributed by atoms with van der Waals surface area (Å²) in [5.41, 5.74) is 0.352. The largest absolute Gasteiger partial charge is 0.472 e. The zero-order chi connectivity index (χ0) is 16.2. The second-order valence-electron chi connectivity index (χ2n) is 5.48. The molecule has 1 aliphatic heterocycles. The summed E-state index contributed by atoms with van der Waals surface area (Å²) in [5, 5.41) is 0. The lowest BCUT2D eigenvalue weighted by atomic mass is 10.3. The zero-order valence-electron chi connectivity index (χ0n) is 13.1. The highest BCUT2D eigenvalue weighted by atomic mass is 16.5. The van der Waals surface area contributed by atoms with Crippen molar-refractivity contribution in [3.63, 3.8) is 0 Å². The number of amides is 1. The number of hydrogen-bond donors (Lipinski definition) is 0. The van der Waals surface area contributed by atoms with Gasteiger partial charge in [-0.3, -0.25) is 9.78 Å². The number of ether oxygens (including phenoxy) is 1. The van der Waals surface area contributed by atoms with E-state index in [-0.39, 0.29) is 12.0 Å². The summed E-state index contributed by atoms with van der Waals surface area (Å²) in [6, 6.07) is 1.78. The summed E-state index contributed by atoms with van der Waals surface area (Å²) < 4.78 is 5.87. The van der Waals surface area contributed by atoms with Gasteiger partial charge in [0.25, 0.3) is 5.91 Å². The third-order valence-corrected chi connectivity index (χ3v) is 3.59. The maximum Gasteiger partial charge on any atom is 0.274 e. The SMILES string of the molecule is CN(C)c1cc(O[C@H]2CCN(C(=O)c3cnccn3)C2)ncn1. The Labute approximate surface area is 134 Å². The topological polar surface area (TPSA) is 84.3 Å². The van der Waals surface area contributed by atoms with Crippen molar-refractivity contribution in [2.45, 2.75) is 12.5 Å². The van der Waals surface area contributed by atoms with Gasteiger partial charge in [0, 0.05) is 45.5 Å². The van der Waals surface area contributed by atoms with Crippen molar-refractivity contribution in [3.8, 4) is 5.88 Å². The Hall–Kier alpha value is -2.77. The summed E-state index contributed by atoms with van der Waals surface area (Å²) in [4.78, 5) is 32.2.